The molecular weight excluding hydrogens is 342 g/mol. The third-order valence-corrected chi connectivity index (χ3v) is 3.36. The zero-order valence-corrected chi connectivity index (χ0v) is 13.2. The number of amides is 1. The molecule has 0 saturated carbocycles. The molecular formula is C16H13ClF2N2O3. The van der Waals surface area contributed by atoms with Crippen molar-refractivity contribution in [1.29, 1.82) is 0 Å². The molecule has 0 aliphatic carbocycles. The first-order chi connectivity index (χ1) is 11.3. The summed E-state index contributed by atoms with van der Waals surface area (Å²) in [5.74, 6) is -2.73. The summed E-state index contributed by atoms with van der Waals surface area (Å²) >= 11 is 5.62. The molecule has 8 heteroatoms. The number of halogens is 3. The Hall–Kier alpha value is -2.67. The predicted octanol–water partition coefficient (Wildman–Crippen LogP) is 3.38. The minimum absolute atomic E-state index is 0.0547. The summed E-state index contributed by atoms with van der Waals surface area (Å²) in [6.07, 6.45) is -1.16. The zero-order chi connectivity index (χ0) is 17.9. The van der Waals surface area contributed by atoms with Gasteiger partial charge in [-0.15, -0.1) is 0 Å². The van der Waals surface area contributed by atoms with Crippen molar-refractivity contribution < 1.29 is 23.1 Å². The molecule has 0 aromatic heterocycles. The first-order valence-electron chi connectivity index (χ1n) is 6.80. The van der Waals surface area contributed by atoms with Crippen LogP contribution in [0, 0.1) is 11.6 Å². The maximum atomic E-state index is 13.1. The lowest BCUT2D eigenvalue weighted by molar-refractivity contribution is -0.123. The molecule has 2 aromatic carbocycles. The van der Waals surface area contributed by atoms with Crippen LogP contribution in [0.4, 0.5) is 20.2 Å². The van der Waals surface area contributed by atoms with Gasteiger partial charge in [0.15, 0.2) is 6.10 Å². The lowest BCUT2D eigenvalue weighted by atomic mass is 10.2. The molecule has 2 rings (SSSR count). The number of hydrogen-bond donors (Lipinski definition) is 2. The van der Waals surface area contributed by atoms with E-state index in [0.29, 0.717) is 0 Å². The minimum Gasteiger partial charge on any atom is -0.449 e. The van der Waals surface area contributed by atoms with Gasteiger partial charge in [0.2, 0.25) is 0 Å². The molecule has 24 heavy (non-hydrogen) atoms. The van der Waals surface area contributed by atoms with E-state index < -0.39 is 29.6 Å². The van der Waals surface area contributed by atoms with Crippen molar-refractivity contribution in [3.8, 4) is 0 Å². The third kappa shape index (κ3) is 4.20. The number of ether oxygens (including phenoxy) is 1. The lowest BCUT2D eigenvalue weighted by Crippen LogP contribution is -2.30. The van der Waals surface area contributed by atoms with Crippen LogP contribution in [0.2, 0.25) is 5.02 Å². The van der Waals surface area contributed by atoms with Gasteiger partial charge in [-0.05, 0) is 43.3 Å². The van der Waals surface area contributed by atoms with Crippen molar-refractivity contribution in [2.24, 2.45) is 0 Å². The molecule has 0 unspecified atom stereocenters. The van der Waals surface area contributed by atoms with Crippen molar-refractivity contribution in [2.75, 3.05) is 11.1 Å². The van der Waals surface area contributed by atoms with Crippen LogP contribution in [0.25, 0.3) is 0 Å². The fraction of sp³-hybridized carbons (Fsp3) is 0.125. The molecule has 0 radical (unpaired) electrons. The Morgan fingerprint density at radius 2 is 1.92 bits per heavy atom. The molecule has 126 valence electrons. The average molecular weight is 355 g/mol. The number of nitrogens with one attached hydrogen (secondary N) is 1. The molecule has 0 aliphatic heterocycles. The maximum Gasteiger partial charge on any atom is 0.341 e. The van der Waals surface area contributed by atoms with Gasteiger partial charge in [-0.2, -0.15) is 0 Å². The molecule has 1 amide bonds. The molecule has 2 aromatic rings. The van der Waals surface area contributed by atoms with Crippen molar-refractivity contribution >= 4 is 34.9 Å². The number of nitrogen functional groups attached to an aromatic ring is 1. The van der Waals surface area contributed by atoms with Crippen molar-refractivity contribution in [3.05, 3.63) is 58.6 Å². The number of benzene rings is 2. The Kier molecular flexibility index (Phi) is 5.35. The second-order valence-electron chi connectivity index (χ2n) is 4.90. The Morgan fingerprint density at radius 3 is 2.54 bits per heavy atom. The van der Waals surface area contributed by atoms with Crippen molar-refractivity contribution in [3.63, 3.8) is 0 Å². The Balaban J connectivity index is 2.02. The first-order valence-corrected chi connectivity index (χ1v) is 7.17. The number of hydrogen-bond acceptors (Lipinski definition) is 4. The van der Waals surface area contributed by atoms with Crippen LogP contribution < -0.4 is 11.1 Å². The molecule has 0 aliphatic rings. The van der Waals surface area contributed by atoms with Crippen LogP contribution in [0.5, 0.6) is 0 Å². The fourth-order valence-corrected chi connectivity index (χ4v) is 2.00. The molecule has 5 nitrogen and oxygen atoms in total. The number of carbonyl (C=O) groups is 2. The molecule has 0 heterocycles. The monoisotopic (exact) mass is 354 g/mol. The second-order valence-corrected chi connectivity index (χ2v) is 5.30. The van der Waals surface area contributed by atoms with Gasteiger partial charge in [0.05, 0.1) is 10.6 Å². The summed E-state index contributed by atoms with van der Waals surface area (Å²) in [6.45, 7) is 1.35. The van der Waals surface area contributed by atoms with Gasteiger partial charge in [-0.3, -0.25) is 4.79 Å². The summed E-state index contributed by atoms with van der Waals surface area (Å²) in [5, 5.41) is 2.28. The number of nitrogens with two attached hydrogens (primary N) is 1. The number of esters is 1. The summed E-state index contributed by atoms with van der Waals surface area (Å²) in [5.41, 5.74) is 5.63. The average Bonchev–Trinajstić information content (AvgIpc) is 2.50. The number of carbonyl (C=O) groups excluding carboxylic acids is 2. The Labute approximate surface area is 141 Å². The highest BCUT2D eigenvalue weighted by molar-refractivity contribution is 6.31. The van der Waals surface area contributed by atoms with E-state index in [9.17, 15) is 18.4 Å². The molecule has 0 fully saturated rings. The van der Waals surface area contributed by atoms with Crippen molar-refractivity contribution in [2.45, 2.75) is 13.0 Å². The van der Waals surface area contributed by atoms with Gasteiger partial charge in [0.25, 0.3) is 5.91 Å². The van der Waals surface area contributed by atoms with Gasteiger partial charge in [0, 0.05) is 11.4 Å². The smallest absolute Gasteiger partial charge is 0.341 e. The highest BCUT2D eigenvalue weighted by Crippen LogP contribution is 2.20. The topological polar surface area (TPSA) is 81.4 Å². The Bertz CT molecular complexity index is 799. The van der Waals surface area contributed by atoms with Crippen LogP contribution in [0.1, 0.15) is 17.3 Å². The molecule has 0 bridgehead atoms. The largest absolute Gasteiger partial charge is 0.449 e. The molecule has 0 spiro atoms. The number of rotatable bonds is 4. The second kappa shape index (κ2) is 7.27. The zero-order valence-electron chi connectivity index (χ0n) is 12.5. The van der Waals surface area contributed by atoms with E-state index in [1.807, 2.05) is 0 Å². The fourth-order valence-electron chi connectivity index (χ4n) is 1.81. The van der Waals surface area contributed by atoms with Gasteiger partial charge >= 0.3 is 5.97 Å². The highest BCUT2D eigenvalue weighted by atomic mass is 35.5. The van der Waals surface area contributed by atoms with Gasteiger partial charge < -0.3 is 15.8 Å². The van der Waals surface area contributed by atoms with E-state index in [1.165, 1.54) is 19.1 Å². The van der Waals surface area contributed by atoms with E-state index in [4.69, 9.17) is 22.1 Å². The van der Waals surface area contributed by atoms with Crippen molar-refractivity contribution in [1.82, 2.24) is 0 Å². The summed E-state index contributed by atoms with van der Waals surface area (Å²) in [7, 11) is 0. The summed E-state index contributed by atoms with van der Waals surface area (Å²) in [4.78, 5) is 24.0. The van der Waals surface area contributed by atoms with Crippen LogP contribution in [-0.2, 0) is 9.53 Å². The standard InChI is InChI=1S/C16H13ClF2N2O3/c1-8(15(22)21-10-3-5-13(19)12(17)7-10)24-16(23)11-4-2-9(18)6-14(11)20/h2-8H,20H2,1H3,(H,21,22)/t8-/m0/s1. The van der Waals surface area contributed by atoms with Crippen LogP contribution in [0.15, 0.2) is 36.4 Å². The Morgan fingerprint density at radius 1 is 1.21 bits per heavy atom. The molecule has 3 N–H and O–H groups in total. The van der Waals surface area contributed by atoms with Crippen LogP contribution >= 0.6 is 11.6 Å². The van der Waals surface area contributed by atoms with E-state index in [0.717, 1.165) is 24.3 Å². The summed E-state index contributed by atoms with van der Waals surface area (Å²) < 4.78 is 31.0. The van der Waals surface area contributed by atoms with E-state index in [-0.39, 0.29) is 22.0 Å². The first kappa shape index (κ1) is 17.7. The quantitative estimate of drug-likeness (QED) is 0.651. The third-order valence-electron chi connectivity index (χ3n) is 3.07. The molecule has 0 saturated heterocycles. The van der Waals surface area contributed by atoms with E-state index >= 15 is 0 Å². The van der Waals surface area contributed by atoms with Gasteiger partial charge in [0.1, 0.15) is 11.6 Å². The highest BCUT2D eigenvalue weighted by Gasteiger charge is 2.21. The van der Waals surface area contributed by atoms with E-state index in [1.54, 1.807) is 0 Å². The normalized spacial score (nSPS) is 11.7. The van der Waals surface area contributed by atoms with E-state index in [2.05, 4.69) is 5.32 Å². The summed E-state index contributed by atoms with van der Waals surface area (Å²) in [6, 6.07) is 6.82. The SMILES string of the molecule is C[C@H](OC(=O)c1ccc(F)cc1N)C(=O)Nc1ccc(F)c(Cl)c1. The number of anilines is 2. The predicted molar refractivity (Wildman–Crippen MR) is 85.7 cm³/mol. The van der Waals surface area contributed by atoms with Crippen LogP contribution in [0.3, 0.4) is 0 Å². The lowest BCUT2D eigenvalue weighted by Gasteiger charge is -2.14. The van der Waals surface area contributed by atoms with Gasteiger partial charge in [-0.25, -0.2) is 13.6 Å². The maximum absolute atomic E-state index is 13.1. The minimum atomic E-state index is -1.16. The van der Waals surface area contributed by atoms with Gasteiger partial charge in [-0.1, -0.05) is 11.6 Å². The van der Waals surface area contributed by atoms with Crippen LogP contribution in [-0.4, -0.2) is 18.0 Å². The molecule has 1 atom stereocenters.